The van der Waals surface area contributed by atoms with E-state index in [-0.39, 0.29) is 19.6 Å². The highest BCUT2D eigenvalue weighted by molar-refractivity contribution is 5.69. The molecule has 7 N–H and O–H groups in total. The van der Waals surface area contributed by atoms with Gasteiger partial charge in [-0.15, -0.1) is 0 Å². The summed E-state index contributed by atoms with van der Waals surface area (Å²) < 4.78 is 34.3. The molecule has 2 saturated heterocycles. The van der Waals surface area contributed by atoms with Gasteiger partial charge in [0.05, 0.1) is 26.4 Å². The lowest BCUT2D eigenvalue weighted by Crippen LogP contribution is -2.61. The van der Waals surface area contributed by atoms with Crippen molar-refractivity contribution in [1.29, 1.82) is 0 Å². The molecule has 0 spiro atoms. The Morgan fingerprint density at radius 1 is 0.485 bits per heavy atom. The van der Waals surface area contributed by atoms with Crippen molar-refractivity contribution in [3.05, 3.63) is 48.6 Å². The van der Waals surface area contributed by atoms with E-state index in [1.165, 1.54) is 83.5 Å². The molecule has 0 aliphatic carbocycles. The van der Waals surface area contributed by atoms with Gasteiger partial charge in [0, 0.05) is 13.0 Å². The summed E-state index contributed by atoms with van der Waals surface area (Å²) in [5, 5.41) is 72.2. The van der Waals surface area contributed by atoms with E-state index in [4.69, 9.17) is 28.4 Å². The summed E-state index contributed by atoms with van der Waals surface area (Å²) in [6, 6.07) is 0. The minimum atomic E-state index is -1.71. The van der Waals surface area contributed by atoms with Crippen LogP contribution < -0.4 is 0 Å². The Labute approximate surface area is 410 Å². The van der Waals surface area contributed by atoms with E-state index in [9.17, 15) is 40.5 Å². The molecule has 2 aliphatic heterocycles. The molecule has 2 rings (SSSR count). The SMILES string of the molecule is CCCCC/C=C\C/C=C\C/C=C\CCCCCCCCC(=O)OC(COCCCCCCCC/C=C\CCCCCCC)COC1OC(COC2OC(CO)C(O)C(O)C2O)C(O)C(O)C1O. The summed E-state index contributed by atoms with van der Waals surface area (Å²) in [5.74, 6) is -0.391. The standard InChI is InChI=1S/C54H96O14/c1-3-5-7-9-11-13-15-17-19-20-21-22-23-25-27-29-31-33-35-37-46(56)66-43(40-63-38-36-34-32-30-28-26-24-18-16-14-12-10-8-6-4-2)41-64-53-52(62)50(60)48(58)45(68-53)42-65-54-51(61)49(59)47(57)44(39-55)67-54/h11,13,16-19,21-22,43-45,47-55,57-62H,3-10,12,14-15,20,23-42H2,1-2H3/b13-11-,18-16-,19-17-,22-21-. The highest BCUT2D eigenvalue weighted by Gasteiger charge is 2.47. The quantitative estimate of drug-likeness (QED) is 0.0174. The van der Waals surface area contributed by atoms with Crippen LogP contribution in [0.15, 0.2) is 48.6 Å². The average Bonchev–Trinajstić information content (AvgIpc) is 3.33. The summed E-state index contributed by atoms with van der Waals surface area (Å²) in [4.78, 5) is 13.0. The molecule has 396 valence electrons. The molecule has 0 aromatic heterocycles. The molecule has 0 saturated carbocycles. The van der Waals surface area contributed by atoms with E-state index in [1.54, 1.807) is 0 Å². The molecule has 2 heterocycles. The van der Waals surface area contributed by atoms with Crippen molar-refractivity contribution >= 4 is 5.97 Å². The first kappa shape index (κ1) is 62.1. The van der Waals surface area contributed by atoms with Crippen LogP contribution in [0.4, 0.5) is 0 Å². The maximum absolute atomic E-state index is 13.0. The molecule has 68 heavy (non-hydrogen) atoms. The molecular formula is C54H96O14. The molecule has 14 nitrogen and oxygen atoms in total. The van der Waals surface area contributed by atoms with Crippen molar-refractivity contribution in [2.45, 2.75) is 255 Å². The van der Waals surface area contributed by atoms with Gasteiger partial charge in [0.1, 0.15) is 54.9 Å². The first-order valence-corrected chi connectivity index (χ1v) is 26.7. The summed E-state index contributed by atoms with van der Waals surface area (Å²) >= 11 is 0. The summed E-state index contributed by atoms with van der Waals surface area (Å²) in [5.41, 5.74) is 0. The lowest BCUT2D eigenvalue weighted by molar-refractivity contribution is -0.332. The molecule has 0 radical (unpaired) electrons. The van der Waals surface area contributed by atoms with Crippen molar-refractivity contribution in [3.63, 3.8) is 0 Å². The van der Waals surface area contributed by atoms with E-state index in [1.807, 2.05) is 0 Å². The van der Waals surface area contributed by atoms with Gasteiger partial charge in [-0.1, -0.05) is 152 Å². The fourth-order valence-corrected chi connectivity index (χ4v) is 8.17. The minimum absolute atomic E-state index is 0.0512. The number of hydrogen-bond donors (Lipinski definition) is 7. The van der Waals surface area contributed by atoms with E-state index >= 15 is 0 Å². The van der Waals surface area contributed by atoms with Crippen LogP contribution in [0, 0.1) is 0 Å². The Morgan fingerprint density at radius 2 is 0.912 bits per heavy atom. The van der Waals surface area contributed by atoms with Gasteiger partial charge in [-0.3, -0.25) is 4.79 Å². The maximum atomic E-state index is 13.0. The van der Waals surface area contributed by atoms with Crippen molar-refractivity contribution in [1.82, 2.24) is 0 Å². The first-order valence-electron chi connectivity index (χ1n) is 26.7. The normalized spacial score (nSPS) is 26.2. The third-order valence-electron chi connectivity index (χ3n) is 12.6. The Balaban J connectivity index is 1.77. The highest BCUT2D eigenvalue weighted by Crippen LogP contribution is 2.26. The second kappa shape index (κ2) is 41.6. The molecule has 0 aromatic rings. The molecule has 11 atom stereocenters. The summed E-state index contributed by atoms with van der Waals surface area (Å²) in [6.45, 7) is 3.62. The van der Waals surface area contributed by atoms with Gasteiger partial charge >= 0.3 is 5.97 Å². The molecule has 0 aromatic carbocycles. The fourth-order valence-electron chi connectivity index (χ4n) is 8.17. The Bertz CT molecular complexity index is 1310. The molecule has 14 heteroatoms. The van der Waals surface area contributed by atoms with Crippen LogP contribution in [-0.2, 0) is 33.2 Å². The van der Waals surface area contributed by atoms with E-state index in [0.29, 0.717) is 13.0 Å². The number of hydrogen-bond acceptors (Lipinski definition) is 14. The van der Waals surface area contributed by atoms with Crippen molar-refractivity contribution in [2.75, 3.05) is 33.0 Å². The molecular weight excluding hydrogens is 873 g/mol. The van der Waals surface area contributed by atoms with Gasteiger partial charge in [-0.25, -0.2) is 0 Å². The Kier molecular flexibility index (Phi) is 37.9. The van der Waals surface area contributed by atoms with Gasteiger partial charge in [0.25, 0.3) is 0 Å². The number of rotatable bonds is 42. The molecule has 0 bridgehead atoms. The monoisotopic (exact) mass is 969 g/mol. The molecule has 11 unspecified atom stereocenters. The number of carbonyl (C=O) groups is 1. The first-order chi connectivity index (χ1) is 33.1. The van der Waals surface area contributed by atoms with Gasteiger partial charge in [0.2, 0.25) is 0 Å². The topological polar surface area (TPSA) is 214 Å². The third kappa shape index (κ3) is 28.7. The third-order valence-corrected chi connectivity index (χ3v) is 12.6. The number of allylic oxidation sites excluding steroid dienone is 8. The molecule has 2 fully saturated rings. The van der Waals surface area contributed by atoms with Gasteiger partial charge in [-0.2, -0.15) is 0 Å². The zero-order chi connectivity index (χ0) is 49.5. The second-order valence-electron chi connectivity index (χ2n) is 18.7. The molecule has 2 aliphatic rings. The zero-order valence-electron chi connectivity index (χ0n) is 42.1. The lowest BCUT2D eigenvalue weighted by atomic mass is 9.98. The van der Waals surface area contributed by atoms with Gasteiger partial charge in [0.15, 0.2) is 12.6 Å². The Morgan fingerprint density at radius 3 is 1.47 bits per heavy atom. The number of aliphatic hydroxyl groups is 7. The van der Waals surface area contributed by atoms with Gasteiger partial charge < -0.3 is 64.2 Å². The summed E-state index contributed by atoms with van der Waals surface area (Å²) in [7, 11) is 0. The lowest BCUT2D eigenvalue weighted by Gasteiger charge is -2.42. The van der Waals surface area contributed by atoms with Crippen LogP contribution in [0.2, 0.25) is 0 Å². The van der Waals surface area contributed by atoms with Crippen LogP contribution in [0.25, 0.3) is 0 Å². The smallest absolute Gasteiger partial charge is 0.306 e. The van der Waals surface area contributed by atoms with Crippen LogP contribution in [0.1, 0.15) is 187 Å². The van der Waals surface area contributed by atoms with E-state index < -0.39 is 86.7 Å². The van der Waals surface area contributed by atoms with E-state index in [0.717, 1.165) is 77.0 Å². The largest absolute Gasteiger partial charge is 0.457 e. The predicted molar refractivity (Wildman–Crippen MR) is 266 cm³/mol. The average molecular weight is 969 g/mol. The van der Waals surface area contributed by atoms with Crippen LogP contribution in [-0.4, -0.2) is 142 Å². The fraction of sp³-hybridized carbons (Fsp3) is 0.833. The molecule has 0 amide bonds. The Hall–Kier alpha value is -2.05. The van der Waals surface area contributed by atoms with E-state index in [2.05, 4.69) is 62.5 Å². The second-order valence-corrected chi connectivity index (χ2v) is 18.7. The van der Waals surface area contributed by atoms with Crippen molar-refractivity contribution < 1.29 is 69.0 Å². The van der Waals surface area contributed by atoms with Crippen molar-refractivity contribution in [3.8, 4) is 0 Å². The highest BCUT2D eigenvalue weighted by atomic mass is 16.7. The maximum Gasteiger partial charge on any atom is 0.306 e. The minimum Gasteiger partial charge on any atom is -0.457 e. The summed E-state index contributed by atoms with van der Waals surface area (Å²) in [6.07, 6.45) is 31.6. The number of carbonyl (C=O) groups excluding carboxylic acids is 1. The predicted octanol–water partition coefficient (Wildman–Crippen LogP) is 8.35. The van der Waals surface area contributed by atoms with Crippen LogP contribution in [0.3, 0.4) is 0 Å². The number of aliphatic hydroxyl groups excluding tert-OH is 7. The number of esters is 1. The van der Waals surface area contributed by atoms with Crippen LogP contribution >= 0.6 is 0 Å². The van der Waals surface area contributed by atoms with Crippen molar-refractivity contribution in [2.24, 2.45) is 0 Å². The number of ether oxygens (including phenoxy) is 6. The van der Waals surface area contributed by atoms with Crippen LogP contribution in [0.5, 0.6) is 0 Å². The zero-order valence-corrected chi connectivity index (χ0v) is 42.1. The van der Waals surface area contributed by atoms with Gasteiger partial charge in [-0.05, 0) is 77.0 Å². The number of unbranched alkanes of at least 4 members (excludes halogenated alkanes) is 20.